The predicted molar refractivity (Wildman–Crippen MR) is 127 cm³/mol. The number of carbonyl (C=O) groups excluding carboxylic acids is 2. The third kappa shape index (κ3) is 12.6. The SMILES string of the molecule is NC(N)=Nc1ccc(C(=O)Oc2ccc(CC(=O)N[C@@H](CCC(=O)O)C(=O)O)cc2)cc1.O=C(O)C(F)(F)F. The van der Waals surface area contributed by atoms with Crippen molar-refractivity contribution in [2.45, 2.75) is 31.5 Å². The van der Waals surface area contributed by atoms with Crippen LogP contribution in [0.4, 0.5) is 18.9 Å². The topological polar surface area (TPSA) is 232 Å². The van der Waals surface area contributed by atoms with Gasteiger partial charge in [-0.1, -0.05) is 12.1 Å². The first-order valence-corrected chi connectivity index (χ1v) is 10.6. The van der Waals surface area contributed by atoms with Gasteiger partial charge >= 0.3 is 30.1 Å². The number of esters is 1. The van der Waals surface area contributed by atoms with Gasteiger partial charge in [-0.05, 0) is 48.4 Å². The standard InChI is InChI=1S/C21H22N4O7.C2HF3O2/c22-21(23)24-14-5-3-13(4-6-14)20(31)32-15-7-1-12(2-8-15)11-17(26)25-16(19(29)30)9-10-18(27)28;3-2(4,5)1(6)7/h1-8,16H,9-11H2,(H,25,26)(H,27,28)(H,29,30)(H4,22,23,24);(H,6,7)/t16-;/m0./s1. The fourth-order valence-electron chi connectivity index (χ4n) is 2.62. The molecule has 2 aromatic rings. The summed E-state index contributed by atoms with van der Waals surface area (Å²) in [5, 5.41) is 27.2. The Morgan fingerprint density at radius 1 is 0.923 bits per heavy atom. The number of hydrogen-bond acceptors (Lipinski definition) is 7. The number of carboxylic acids is 3. The Morgan fingerprint density at radius 2 is 1.46 bits per heavy atom. The van der Waals surface area contributed by atoms with E-state index in [1.165, 1.54) is 24.3 Å². The van der Waals surface area contributed by atoms with Gasteiger partial charge in [0.2, 0.25) is 5.91 Å². The first-order valence-electron chi connectivity index (χ1n) is 10.6. The van der Waals surface area contributed by atoms with Crippen LogP contribution >= 0.6 is 0 Å². The molecule has 0 unspecified atom stereocenters. The summed E-state index contributed by atoms with van der Waals surface area (Å²) in [5.74, 6) is -6.26. The van der Waals surface area contributed by atoms with Gasteiger partial charge in [-0.3, -0.25) is 9.59 Å². The van der Waals surface area contributed by atoms with Crippen molar-refractivity contribution < 1.29 is 57.2 Å². The first kappa shape index (κ1) is 31.9. The number of carbonyl (C=O) groups is 5. The van der Waals surface area contributed by atoms with Crippen LogP contribution in [-0.2, 0) is 25.6 Å². The van der Waals surface area contributed by atoms with Crippen molar-refractivity contribution in [3.8, 4) is 5.75 Å². The highest BCUT2D eigenvalue weighted by Crippen LogP contribution is 2.17. The second-order valence-electron chi connectivity index (χ2n) is 7.49. The molecule has 0 fully saturated rings. The number of alkyl halides is 3. The molecule has 39 heavy (non-hydrogen) atoms. The number of nitrogens with one attached hydrogen (secondary N) is 1. The fraction of sp³-hybridized carbons (Fsp3) is 0.217. The minimum atomic E-state index is -5.08. The number of aliphatic imine (C=N–C) groups is 1. The molecule has 0 heterocycles. The van der Waals surface area contributed by atoms with Crippen LogP contribution in [0.1, 0.15) is 28.8 Å². The molecule has 0 bridgehead atoms. The Morgan fingerprint density at radius 3 is 1.90 bits per heavy atom. The van der Waals surface area contributed by atoms with Crippen LogP contribution in [0.3, 0.4) is 0 Å². The summed E-state index contributed by atoms with van der Waals surface area (Å²) in [7, 11) is 0. The molecule has 210 valence electrons. The van der Waals surface area contributed by atoms with E-state index in [1.54, 1.807) is 24.3 Å². The van der Waals surface area contributed by atoms with Gasteiger partial charge in [0, 0.05) is 6.42 Å². The van der Waals surface area contributed by atoms with Crippen LogP contribution in [0.2, 0.25) is 0 Å². The molecule has 0 aliphatic rings. The van der Waals surface area contributed by atoms with Gasteiger partial charge in [0.25, 0.3) is 0 Å². The van der Waals surface area contributed by atoms with Gasteiger partial charge in [0.15, 0.2) is 5.96 Å². The average Bonchev–Trinajstić information content (AvgIpc) is 2.82. The number of ether oxygens (including phenoxy) is 1. The molecule has 8 N–H and O–H groups in total. The molecule has 2 rings (SSSR count). The van der Waals surface area contributed by atoms with Gasteiger partial charge in [0.05, 0.1) is 17.7 Å². The maximum atomic E-state index is 12.2. The molecule has 1 atom stereocenters. The van der Waals surface area contributed by atoms with Gasteiger partial charge in [-0.2, -0.15) is 13.2 Å². The summed E-state index contributed by atoms with van der Waals surface area (Å²) in [6.45, 7) is 0. The van der Waals surface area contributed by atoms with Crippen molar-refractivity contribution in [2.24, 2.45) is 16.5 Å². The molecule has 13 nitrogen and oxygen atoms in total. The number of hydrogen-bond donors (Lipinski definition) is 6. The third-order valence-electron chi connectivity index (χ3n) is 4.38. The van der Waals surface area contributed by atoms with Crippen molar-refractivity contribution in [3.05, 3.63) is 59.7 Å². The number of rotatable bonds is 10. The normalized spacial score (nSPS) is 11.2. The molecule has 0 radical (unpaired) electrons. The van der Waals surface area contributed by atoms with Crippen LogP contribution in [0.15, 0.2) is 53.5 Å². The van der Waals surface area contributed by atoms with E-state index in [1.807, 2.05) is 0 Å². The number of aliphatic carboxylic acids is 3. The van der Waals surface area contributed by atoms with Crippen molar-refractivity contribution in [3.63, 3.8) is 0 Å². The van der Waals surface area contributed by atoms with E-state index in [2.05, 4.69) is 10.3 Å². The number of guanidine groups is 1. The highest BCUT2D eigenvalue weighted by atomic mass is 19.4. The summed E-state index contributed by atoms with van der Waals surface area (Å²) in [4.78, 5) is 58.8. The minimum absolute atomic E-state index is 0.104. The molecule has 2 aromatic carbocycles. The quantitative estimate of drug-likeness (QED) is 0.106. The number of nitrogens with two attached hydrogens (primary N) is 2. The molecular weight excluding hydrogens is 533 g/mol. The Bertz CT molecular complexity index is 1210. The van der Waals surface area contributed by atoms with Gasteiger partial charge in [-0.15, -0.1) is 0 Å². The number of nitrogens with zero attached hydrogens (tertiary/aromatic N) is 1. The van der Waals surface area contributed by atoms with Crippen molar-refractivity contribution in [1.82, 2.24) is 5.32 Å². The lowest BCUT2D eigenvalue weighted by Crippen LogP contribution is -2.41. The predicted octanol–water partition coefficient (Wildman–Crippen LogP) is 1.42. The van der Waals surface area contributed by atoms with Crippen LogP contribution in [-0.4, -0.2) is 63.3 Å². The molecule has 0 aromatic heterocycles. The van der Waals surface area contributed by atoms with Crippen LogP contribution in [0.25, 0.3) is 0 Å². The molecule has 0 aliphatic carbocycles. The lowest BCUT2D eigenvalue weighted by molar-refractivity contribution is -0.192. The Balaban J connectivity index is 0.000000956. The average molecular weight is 556 g/mol. The van der Waals surface area contributed by atoms with Gasteiger partial charge in [-0.25, -0.2) is 19.4 Å². The Kier molecular flexibility index (Phi) is 11.9. The third-order valence-corrected chi connectivity index (χ3v) is 4.38. The zero-order valence-electron chi connectivity index (χ0n) is 19.8. The van der Waals surface area contributed by atoms with Crippen molar-refractivity contribution in [1.29, 1.82) is 0 Å². The van der Waals surface area contributed by atoms with E-state index < -0.39 is 42.0 Å². The van der Waals surface area contributed by atoms with Crippen LogP contribution in [0, 0.1) is 0 Å². The highest BCUT2D eigenvalue weighted by molar-refractivity contribution is 5.91. The molecule has 16 heteroatoms. The van der Waals surface area contributed by atoms with Gasteiger partial charge in [0.1, 0.15) is 11.8 Å². The second-order valence-corrected chi connectivity index (χ2v) is 7.49. The van der Waals surface area contributed by atoms with Crippen LogP contribution < -0.4 is 21.5 Å². The van der Waals surface area contributed by atoms with Crippen molar-refractivity contribution in [2.75, 3.05) is 0 Å². The second kappa shape index (κ2) is 14.6. The smallest absolute Gasteiger partial charge is 0.481 e. The first-order chi connectivity index (χ1) is 18.1. The van der Waals surface area contributed by atoms with E-state index in [-0.39, 0.29) is 36.5 Å². The number of benzene rings is 2. The highest BCUT2D eigenvalue weighted by Gasteiger charge is 2.38. The minimum Gasteiger partial charge on any atom is -0.481 e. The van der Waals surface area contributed by atoms with Crippen molar-refractivity contribution >= 4 is 41.4 Å². The van der Waals surface area contributed by atoms with E-state index >= 15 is 0 Å². The summed E-state index contributed by atoms with van der Waals surface area (Å²) in [6, 6.07) is 10.9. The molecule has 0 saturated heterocycles. The van der Waals surface area contributed by atoms with E-state index in [0.29, 0.717) is 11.3 Å². The molecule has 0 saturated carbocycles. The maximum absolute atomic E-state index is 12.2. The maximum Gasteiger partial charge on any atom is 0.490 e. The fourth-order valence-corrected chi connectivity index (χ4v) is 2.62. The summed E-state index contributed by atoms with van der Waals surface area (Å²) in [6.07, 6.45) is -5.82. The van der Waals surface area contributed by atoms with E-state index in [4.69, 9.17) is 36.3 Å². The lowest BCUT2D eigenvalue weighted by atomic mass is 10.1. The summed E-state index contributed by atoms with van der Waals surface area (Å²) < 4.78 is 37.0. The monoisotopic (exact) mass is 556 g/mol. The van der Waals surface area contributed by atoms with Gasteiger partial charge < -0.3 is 36.8 Å². The number of halogens is 3. The molecule has 0 aliphatic heterocycles. The van der Waals surface area contributed by atoms with Crippen LogP contribution in [0.5, 0.6) is 5.75 Å². The van der Waals surface area contributed by atoms with E-state index in [9.17, 15) is 32.3 Å². The zero-order valence-corrected chi connectivity index (χ0v) is 19.8. The molecule has 0 spiro atoms. The number of carboxylic acid groups (broad SMARTS) is 3. The molecular formula is C23H23F3N4O9. The van der Waals surface area contributed by atoms with E-state index in [0.717, 1.165) is 0 Å². The largest absolute Gasteiger partial charge is 0.490 e. The molecule has 1 amide bonds. The lowest BCUT2D eigenvalue weighted by Gasteiger charge is -2.13. The Hall–Kier alpha value is -5.15. The summed E-state index contributed by atoms with van der Waals surface area (Å²) >= 11 is 0. The summed E-state index contributed by atoms with van der Waals surface area (Å²) in [5.41, 5.74) is 11.9. The number of amides is 1. The zero-order chi connectivity index (χ0) is 29.8. The Labute approximate surface area is 217 Å².